The quantitative estimate of drug-likeness (QED) is 0.590. The fourth-order valence-corrected chi connectivity index (χ4v) is 3.26. The third-order valence-electron chi connectivity index (χ3n) is 4.81. The van der Waals surface area contributed by atoms with Crippen molar-refractivity contribution in [1.82, 2.24) is 5.32 Å². The van der Waals surface area contributed by atoms with Gasteiger partial charge in [0.2, 0.25) is 5.91 Å². The Morgan fingerprint density at radius 3 is 2.55 bits per heavy atom. The van der Waals surface area contributed by atoms with Crippen LogP contribution in [0.1, 0.15) is 22.3 Å². The molecule has 152 valence electrons. The van der Waals surface area contributed by atoms with Gasteiger partial charge in [-0.3, -0.25) is 19.7 Å². The number of hydrogen-bond acceptors (Lipinski definition) is 6. The van der Waals surface area contributed by atoms with Crippen LogP contribution in [0.2, 0.25) is 0 Å². The number of carbonyl (C=O) groups is 2. The molecule has 2 amide bonds. The Morgan fingerprint density at radius 1 is 1.17 bits per heavy atom. The first-order valence-electron chi connectivity index (χ1n) is 8.92. The lowest BCUT2D eigenvalue weighted by molar-refractivity contribution is -0.385. The van der Waals surface area contributed by atoms with Gasteiger partial charge in [0.1, 0.15) is 0 Å². The Kier molecular flexibility index (Phi) is 5.67. The van der Waals surface area contributed by atoms with E-state index >= 15 is 0 Å². The number of anilines is 1. The van der Waals surface area contributed by atoms with Crippen LogP contribution in [0.4, 0.5) is 11.4 Å². The van der Waals surface area contributed by atoms with Gasteiger partial charge in [-0.15, -0.1) is 0 Å². The summed E-state index contributed by atoms with van der Waals surface area (Å²) >= 11 is 0. The summed E-state index contributed by atoms with van der Waals surface area (Å²) in [7, 11) is 3.04. The molecule has 1 aliphatic heterocycles. The van der Waals surface area contributed by atoms with Gasteiger partial charge in [-0.2, -0.15) is 0 Å². The molecule has 1 fully saturated rings. The topological polar surface area (TPSA) is 111 Å². The Hall–Kier alpha value is -3.62. The number of amides is 2. The van der Waals surface area contributed by atoms with E-state index in [-0.39, 0.29) is 30.1 Å². The van der Waals surface area contributed by atoms with Gasteiger partial charge < -0.3 is 19.7 Å². The van der Waals surface area contributed by atoms with Crippen molar-refractivity contribution < 1.29 is 24.0 Å². The maximum absolute atomic E-state index is 12.5. The number of aryl methyl sites for hydroxylation is 1. The maximum Gasteiger partial charge on any atom is 0.273 e. The molecule has 2 aromatic rings. The molecule has 0 spiro atoms. The Labute approximate surface area is 167 Å². The smallest absolute Gasteiger partial charge is 0.273 e. The first kappa shape index (κ1) is 20.1. The molecular weight excluding hydrogens is 378 g/mol. The first-order valence-corrected chi connectivity index (χ1v) is 8.92. The fraction of sp³-hybridized carbons (Fsp3) is 0.300. The van der Waals surface area contributed by atoms with Crippen molar-refractivity contribution in [2.24, 2.45) is 0 Å². The number of methoxy groups -OCH3 is 2. The summed E-state index contributed by atoms with van der Waals surface area (Å²) in [5.74, 6) is 0.448. The lowest BCUT2D eigenvalue weighted by atomic mass is 10.1. The van der Waals surface area contributed by atoms with Crippen molar-refractivity contribution in [3.05, 3.63) is 57.6 Å². The number of rotatable bonds is 6. The summed E-state index contributed by atoms with van der Waals surface area (Å²) < 4.78 is 10.5. The average Bonchev–Trinajstić information content (AvgIpc) is 3.07. The molecule has 1 aliphatic rings. The maximum atomic E-state index is 12.5. The molecule has 3 rings (SSSR count). The van der Waals surface area contributed by atoms with Crippen LogP contribution < -0.4 is 19.7 Å². The van der Waals surface area contributed by atoms with Crippen LogP contribution in [-0.4, -0.2) is 43.5 Å². The fourth-order valence-electron chi connectivity index (χ4n) is 3.26. The van der Waals surface area contributed by atoms with Gasteiger partial charge in [0.15, 0.2) is 11.5 Å². The number of carbonyl (C=O) groups excluding carboxylic acids is 2. The monoisotopic (exact) mass is 399 g/mol. The molecular formula is C20H21N3O6. The Balaban J connectivity index is 1.73. The molecule has 2 aromatic carbocycles. The zero-order chi connectivity index (χ0) is 21.1. The van der Waals surface area contributed by atoms with Crippen LogP contribution in [0, 0.1) is 17.0 Å². The van der Waals surface area contributed by atoms with Gasteiger partial charge in [0.25, 0.3) is 11.6 Å². The molecule has 0 aliphatic carbocycles. The molecule has 1 atom stereocenters. The van der Waals surface area contributed by atoms with Crippen molar-refractivity contribution in [2.45, 2.75) is 19.4 Å². The highest BCUT2D eigenvalue weighted by molar-refractivity contribution is 5.99. The molecule has 0 saturated carbocycles. The van der Waals surface area contributed by atoms with Crippen molar-refractivity contribution in [2.75, 3.05) is 25.7 Å². The van der Waals surface area contributed by atoms with Gasteiger partial charge in [0.05, 0.1) is 25.2 Å². The SMILES string of the molecule is COc1ccc(N2CC(NC(=O)c3ccc(C)c([N+](=O)[O-])c3)CC2=O)cc1OC. The lowest BCUT2D eigenvalue weighted by Crippen LogP contribution is -2.37. The summed E-state index contributed by atoms with van der Waals surface area (Å²) in [4.78, 5) is 37.1. The minimum Gasteiger partial charge on any atom is -0.493 e. The predicted octanol–water partition coefficient (Wildman–Crippen LogP) is 2.46. The molecule has 1 unspecified atom stereocenters. The van der Waals surface area contributed by atoms with Crippen molar-refractivity contribution in [3.8, 4) is 11.5 Å². The molecule has 1 N–H and O–H groups in total. The van der Waals surface area contributed by atoms with E-state index in [1.165, 1.54) is 32.4 Å². The van der Waals surface area contributed by atoms with Crippen LogP contribution in [-0.2, 0) is 4.79 Å². The van der Waals surface area contributed by atoms with Crippen molar-refractivity contribution >= 4 is 23.2 Å². The normalized spacial score (nSPS) is 15.9. The van der Waals surface area contributed by atoms with Gasteiger partial charge in [-0.25, -0.2) is 0 Å². The number of nitro benzene ring substituents is 1. The van der Waals surface area contributed by atoms with E-state index in [1.807, 2.05) is 0 Å². The minimum atomic E-state index is -0.524. The van der Waals surface area contributed by atoms with Crippen LogP contribution in [0.15, 0.2) is 36.4 Å². The standard InChI is InChI=1S/C20H21N3O6/c1-12-4-5-13(8-16(12)23(26)27)20(25)21-14-9-19(24)22(11-14)15-6-7-17(28-2)18(10-15)29-3/h4-8,10,14H,9,11H2,1-3H3,(H,21,25). The van der Waals surface area contributed by atoms with Gasteiger partial charge >= 0.3 is 0 Å². The number of nitrogens with one attached hydrogen (secondary N) is 1. The van der Waals surface area contributed by atoms with E-state index < -0.39 is 16.9 Å². The summed E-state index contributed by atoms with van der Waals surface area (Å²) in [5.41, 5.74) is 1.17. The lowest BCUT2D eigenvalue weighted by Gasteiger charge is -2.19. The zero-order valence-corrected chi connectivity index (χ0v) is 16.3. The molecule has 0 aromatic heterocycles. The molecule has 0 bridgehead atoms. The summed E-state index contributed by atoms with van der Waals surface area (Å²) in [5, 5.41) is 13.9. The van der Waals surface area contributed by atoms with Crippen molar-refractivity contribution in [1.29, 1.82) is 0 Å². The largest absolute Gasteiger partial charge is 0.493 e. The summed E-state index contributed by atoms with van der Waals surface area (Å²) in [6.07, 6.45) is 0.133. The highest BCUT2D eigenvalue weighted by Crippen LogP contribution is 2.33. The molecule has 9 nitrogen and oxygen atoms in total. The van der Waals surface area contributed by atoms with E-state index in [9.17, 15) is 19.7 Å². The summed E-state index contributed by atoms with van der Waals surface area (Å²) in [6, 6.07) is 9.04. The van der Waals surface area contributed by atoms with Crippen LogP contribution in [0.25, 0.3) is 0 Å². The third-order valence-corrected chi connectivity index (χ3v) is 4.81. The number of nitrogens with zero attached hydrogens (tertiary/aromatic N) is 2. The summed E-state index contributed by atoms with van der Waals surface area (Å²) in [6.45, 7) is 1.89. The Morgan fingerprint density at radius 2 is 1.90 bits per heavy atom. The predicted molar refractivity (Wildman–Crippen MR) is 106 cm³/mol. The number of ether oxygens (including phenoxy) is 2. The van der Waals surface area contributed by atoms with Crippen LogP contribution in [0.3, 0.4) is 0 Å². The van der Waals surface area contributed by atoms with E-state index in [1.54, 1.807) is 30.0 Å². The van der Waals surface area contributed by atoms with Gasteiger partial charge in [-0.1, -0.05) is 6.07 Å². The van der Waals surface area contributed by atoms with E-state index in [4.69, 9.17) is 9.47 Å². The minimum absolute atomic E-state index is 0.118. The third kappa shape index (κ3) is 4.13. The molecule has 9 heteroatoms. The Bertz CT molecular complexity index is 975. The van der Waals surface area contributed by atoms with Crippen LogP contribution >= 0.6 is 0 Å². The molecule has 1 saturated heterocycles. The number of nitro groups is 1. The molecule has 1 heterocycles. The van der Waals surface area contributed by atoms with E-state index in [2.05, 4.69) is 5.32 Å². The van der Waals surface area contributed by atoms with Crippen molar-refractivity contribution in [3.63, 3.8) is 0 Å². The second kappa shape index (κ2) is 8.17. The molecule has 29 heavy (non-hydrogen) atoms. The number of benzene rings is 2. The average molecular weight is 399 g/mol. The first-order chi connectivity index (χ1) is 13.8. The van der Waals surface area contributed by atoms with Gasteiger partial charge in [0, 0.05) is 41.9 Å². The van der Waals surface area contributed by atoms with Crippen LogP contribution in [0.5, 0.6) is 11.5 Å². The second-order valence-corrected chi connectivity index (χ2v) is 6.68. The van der Waals surface area contributed by atoms with Gasteiger partial charge in [-0.05, 0) is 25.1 Å². The highest BCUT2D eigenvalue weighted by atomic mass is 16.6. The highest BCUT2D eigenvalue weighted by Gasteiger charge is 2.32. The number of hydrogen-bond donors (Lipinski definition) is 1. The molecule has 0 radical (unpaired) electrons. The van der Waals surface area contributed by atoms with E-state index in [0.717, 1.165) is 0 Å². The zero-order valence-electron chi connectivity index (χ0n) is 16.3. The van der Waals surface area contributed by atoms with E-state index in [0.29, 0.717) is 22.7 Å². The second-order valence-electron chi connectivity index (χ2n) is 6.68.